The van der Waals surface area contributed by atoms with Gasteiger partial charge in [0.15, 0.2) is 0 Å². The minimum Gasteiger partial charge on any atom is -0.437 e. The largest absolute Gasteiger partial charge is 0.437 e. The first kappa shape index (κ1) is 13.4. The Morgan fingerprint density at radius 1 is 1.20 bits per heavy atom. The lowest BCUT2D eigenvalue weighted by Gasteiger charge is -2.09. The van der Waals surface area contributed by atoms with Gasteiger partial charge in [0.1, 0.15) is 10.6 Å². The van der Waals surface area contributed by atoms with Crippen molar-refractivity contribution >= 4 is 50.7 Å². The topological polar surface area (TPSA) is 73.1 Å². The molecule has 0 unspecified atom stereocenters. The number of rotatable bonds is 3. The number of hydrogen-bond acceptors (Lipinski definition) is 6. The van der Waals surface area contributed by atoms with Gasteiger partial charge in [0.05, 0.1) is 10.4 Å². The third-order valence-corrected chi connectivity index (χ3v) is 3.86. The Labute approximate surface area is 128 Å². The Bertz CT molecular complexity index is 777. The molecule has 0 saturated carbocycles. The van der Waals surface area contributed by atoms with E-state index in [-0.39, 0.29) is 5.95 Å². The zero-order valence-electron chi connectivity index (χ0n) is 9.93. The van der Waals surface area contributed by atoms with Crippen LogP contribution in [0.5, 0.6) is 11.6 Å². The van der Waals surface area contributed by atoms with E-state index < -0.39 is 0 Å². The summed E-state index contributed by atoms with van der Waals surface area (Å²) in [5, 5.41) is 3.63. The molecule has 0 saturated heterocycles. The highest BCUT2D eigenvalue weighted by molar-refractivity contribution is 7.16. The van der Waals surface area contributed by atoms with Gasteiger partial charge in [-0.25, -0.2) is 10.8 Å². The molecule has 0 amide bonds. The first-order valence-electron chi connectivity index (χ1n) is 5.52. The van der Waals surface area contributed by atoms with Gasteiger partial charge in [0.25, 0.3) is 0 Å². The standard InChI is InChI=1S/C12H8Cl2N4OS/c13-6-1-2-9(8(14)5-6)19-10-7-3-4-20-11(7)17-12(16-10)18-15/h1-5H,15H2,(H,16,17,18). The van der Waals surface area contributed by atoms with Gasteiger partial charge < -0.3 is 4.74 Å². The second-order valence-corrected chi connectivity index (χ2v) is 5.55. The lowest BCUT2D eigenvalue weighted by Crippen LogP contribution is -2.10. The van der Waals surface area contributed by atoms with Gasteiger partial charge >= 0.3 is 0 Å². The van der Waals surface area contributed by atoms with Crippen LogP contribution in [0.2, 0.25) is 10.0 Å². The molecule has 0 spiro atoms. The van der Waals surface area contributed by atoms with E-state index in [1.165, 1.54) is 11.3 Å². The molecule has 2 aromatic heterocycles. The summed E-state index contributed by atoms with van der Waals surface area (Å²) in [6, 6.07) is 6.85. The van der Waals surface area contributed by atoms with Crippen LogP contribution < -0.4 is 16.0 Å². The number of hydrazine groups is 1. The number of benzene rings is 1. The molecule has 3 rings (SSSR count). The molecule has 0 radical (unpaired) electrons. The van der Waals surface area contributed by atoms with Crippen LogP contribution in [0.4, 0.5) is 5.95 Å². The van der Waals surface area contributed by atoms with E-state index >= 15 is 0 Å². The maximum Gasteiger partial charge on any atom is 0.241 e. The summed E-state index contributed by atoms with van der Waals surface area (Å²) < 4.78 is 5.75. The molecule has 0 aliphatic heterocycles. The average Bonchev–Trinajstić information content (AvgIpc) is 2.90. The molecule has 3 aromatic rings. The number of fused-ring (bicyclic) bond motifs is 1. The molecule has 20 heavy (non-hydrogen) atoms. The van der Waals surface area contributed by atoms with Crippen LogP contribution >= 0.6 is 34.5 Å². The molecule has 1 aromatic carbocycles. The molecule has 2 heterocycles. The number of hydrogen-bond donors (Lipinski definition) is 2. The number of halogens is 2. The van der Waals surface area contributed by atoms with Crippen molar-refractivity contribution < 1.29 is 4.74 Å². The molecule has 0 aliphatic rings. The van der Waals surface area contributed by atoms with Crippen molar-refractivity contribution in [2.45, 2.75) is 0 Å². The number of anilines is 1. The number of nitrogen functional groups attached to an aromatic ring is 1. The molecule has 0 atom stereocenters. The second-order valence-electron chi connectivity index (χ2n) is 3.81. The predicted molar refractivity (Wildman–Crippen MR) is 81.8 cm³/mol. The number of nitrogens with zero attached hydrogens (tertiary/aromatic N) is 2. The third kappa shape index (κ3) is 2.51. The average molecular weight is 327 g/mol. The van der Waals surface area contributed by atoms with Gasteiger partial charge in [-0.1, -0.05) is 23.2 Å². The lowest BCUT2D eigenvalue weighted by molar-refractivity contribution is 0.469. The van der Waals surface area contributed by atoms with Crippen LogP contribution in [0.15, 0.2) is 29.6 Å². The zero-order chi connectivity index (χ0) is 14.1. The van der Waals surface area contributed by atoms with E-state index in [1.54, 1.807) is 18.2 Å². The van der Waals surface area contributed by atoms with E-state index in [9.17, 15) is 0 Å². The minimum atomic E-state index is 0.278. The summed E-state index contributed by atoms with van der Waals surface area (Å²) in [6.45, 7) is 0. The summed E-state index contributed by atoms with van der Waals surface area (Å²) in [5.41, 5.74) is 2.41. The maximum atomic E-state index is 6.09. The van der Waals surface area contributed by atoms with Crippen molar-refractivity contribution in [1.29, 1.82) is 0 Å². The van der Waals surface area contributed by atoms with Crippen LogP contribution in [0, 0.1) is 0 Å². The SMILES string of the molecule is NNc1nc(Oc2ccc(Cl)cc2Cl)c2ccsc2n1. The van der Waals surface area contributed by atoms with E-state index in [2.05, 4.69) is 15.4 Å². The highest BCUT2D eigenvalue weighted by Gasteiger charge is 2.12. The summed E-state index contributed by atoms with van der Waals surface area (Å²) in [7, 11) is 0. The Balaban J connectivity index is 2.07. The van der Waals surface area contributed by atoms with E-state index in [0.29, 0.717) is 21.7 Å². The van der Waals surface area contributed by atoms with Crippen molar-refractivity contribution in [2.24, 2.45) is 5.84 Å². The van der Waals surface area contributed by atoms with Gasteiger partial charge in [-0.2, -0.15) is 4.98 Å². The van der Waals surface area contributed by atoms with Crippen LogP contribution in [-0.2, 0) is 0 Å². The Hall–Kier alpha value is -1.60. The molecule has 5 nitrogen and oxygen atoms in total. The number of aromatic nitrogens is 2. The molecule has 102 valence electrons. The Morgan fingerprint density at radius 2 is 2.05 bits per heavy atom. The number of ether oxygens (including phenoxy) is 1. The maximum absolute atomic E-state index is 6.09. The zero-order valence-corrected chi connectivity index (χ0v) is 12.3. The molecular formula is C12H8Cl2N4OS. The fraction of sp³-hybridized carbons (Fsp3) is 0. The highest BCUT2D eigenvalue weighted by atomic mass is 35.5. The van der Waals surface area contributed by atoms with Crippen molar-refractivity contribution in [1.82, 2.24) is 9.97 Å². The summed E-state index contributed by atoms with van der Waals surface area (Å²) in [5.74, 6) is 6.48. The van der Waals surface area contributed by atoms with Crippen molar-refractivity contribution in [3.63, 3.8) is 0 Å². The monoisotopic (exact) mass is 326 g/mol. The quantitative estimate of drug-likeness (QED) is 0.560. The summed E-state index contributed by atoms with van der Waals surface area (Å²) in [6.07, 6.45) is 0. The van der Waals surface area contributed by atoms with E-state index in [4.69, 9.17) is 33.8 Å². The molecule has 0 fully saturated rings. The summed E-state index contributed by atoms with van der Waals surface area (Å²) >= 11 is 13.4. The van der Waals surface area contributed by atoms with Gasteiger partial charge in [-0.15, -0.1) is 11.3 Å². The third-order valence-electron chi connectivity index (χ3n) is 2.52. The van der Waals surface area contributed by atoms with Crippen LogP contribution in [0.3, 0.4) is 0 Å². The summed E-state index contributed by atoms with van der Waals surface area (Å²) in [4.78, 5) is 9.20. The molecule has 8 heteroatoms. The van der Waals surface area contributed by atoms with Gasteiger partial charge in [-0.3, -0.25) is 5.43 Å². The van der Waals surface area contributed by atoms with Crippen molar-refractivity contribution in [3.05, 3.63) is 39.7 Å². The molecule has 0 aliphatic carbocycles. The molecular weight excluding hydrogens is 319 g/mol. The van der Waals surface area contributed by atoms with E-state index in [0.717, 1.165) is 10.2 Å². The van der Waals surface area contributed by atoms with Crippen LogP contribution in [-0.4, -0.2) is 9.97 Å². The van der Waals surface area contributed by atoms with Gasteiger partial charge in [0, 0.05) is 5.02 Å². The lowest BCUT2D eigenvalue weighted by atomic mass is 10.3. The van der Waals surface area contributed by atoms with Gasteiger partial charge in [-0.05, 0) is 29.6 Å². The number of nitrogens with two attached hydrogens (primary N) is 1. The normalized spacial score (nSPS) is 10.8. The minimum absolute atomic E-state index is 0.278. The van der Waals surface area contributed by atoms with Crippen LogP contribution in [0.25, 0.3) is 10.2 Å². The molecule has 3 N–H and O–H groups in total. The first-order valence-corrected chi connectivity index (χ1v) is 7.15. The smallest absolute Gasteiger partial charge is 0.241 e. The van der Waals surface area contributed by atoms with Crippen molar-refractivity contribution in [3.8, 4) is 11.6 Å². The molecule has 0 bridgehead atoms. The van der Waals surface area contributed by atoms with Crippen LogP contribution in [0.1, 0.15) is 0 Å². The fourth-order valence-corrected chi connectivity index (χ4v) is 2.83. The van der Waals surface area contributed by atoms with Crippen molar-refractivity contribution in [2.75, 3.05) is 5.43 Å². The number of thiophene rings is 1. The fourth-order valence-electron chi connectivity index (χ4n) is 1.63. The Kier molecular flexibility index (Phi) is 3.62. The number of nitrogens with one attached hydrogen (secondary N) is 1. The second kappa shape index (κ2) is 5.41. The Morgan fingerprint density at radius 3 is 2.80 bits per heavy atom. The van der Waals surface area contributed by atoms with E-state index in [1.807, 2.05) is 11.4 Å². The highest BCUT2D eigenvalue weighted by Crippen LogP contribution is 2.35. The first-order chi connectivity index (χ1) is 9.67. The van der Waals surface area contributed by atoms with Gasteiger partial charge in [0.2, 0.25) is 11.8 Å². The predicted octanol–water partition coefficient (Wildman–Crippen LogP) is 4.08.